The summed E-state index contributed by atoms with van der Waals surface area (Å²) in [6.07, 6.45) is 5.47. The molecule has 0 radical (unpaired) electrons. The summed E-state index contributed by atoms with van der Waals surface area (Å²) in [6.45, 7) is 6.67. The molecule has 6 heteroatoms. The fraction of sp³-hybridized carbons (Fsp3) is 0.684. The molecule has 3 aliphatic rings. The Labute approximate surface area is 149 Å². The van der Waals surface area contributed by atoms with Gasteiger partial charge in [-0.05, 0) is 36.6 Å². The third-order valence-electron chi connectivity index (χ3n) is 5.77. The maximum Gasteiger partial charge on any atom is 0.225 e. The largest absolute Gasteiger partial charge is 0.378 e. The van der Waals surface area contributed by atoms with Gasteiger partial charge in [-0.15, -0.1) is 0 Å². The molecule has 3 fully saturated rings. The average Bonchev–Trinajstić information content (AvgIpc) is 3.05. The van der Waals surface area contributed by atoms with Crippen molar-refractivity contribution in [1.82, 2.24) is 14.8 Å². The van der Waals surface area contributed by atoms with Gasteiger partial charge in [-0.1, -0.05) is 0 Å². The van der Waals surface area contributed by atoms with Crippen LogP contribution in [0.2, 0.25) is 0 Å². The van der Waals surface area contributed by atoms with E-state index in [1.165, 1.54) is 5.56 Å². The van der Waals surface area contributed by atoms with Crippen molar-refractivity contribution in [3.8, 4) is 0 Å². The SMILES string of the molecule is O=C(C[C@@H]1OC[C@H]2CN(Cc3ccncc3)CC[C@H]21)N1CCOCC1. The van der Waals surface area contributed by atoms with Gasteiger partial charge < -0.3 is 14.4 Å². The highest BCUT2D eigenvalue weighted by Crippen LogP contribution is 2.36. The molecule has 3 atom stereocenters. The number of pyridine rings is 1. The minimum Gasteiger partial charge on any atom is -0.378 e. The number of amides is 1. The molecule has 4 rings (SSSR count). The van der Waals surface area contributed by atoms with E-state index in [4.69, 9.17) is 9.47 Å². The Bertz CT molecular complexity index is 577. The molecular weight excluding hydrogens is 318 g/mol. The number of likely N-dealkylation sites (tertiary alicyclic amines) is 1. The number of fused-ring (bicyclic) bond motifs is 1. The first kappa shape index (κ1) is 16.9. The first-order valence-corrected chi connectivity index (χ1v) is 9.38. The number of hydrogen-bond acceptors (Lipinski definition) is 5. The zero-order valence-electron chi connectivity index (χ0n) is 14.7. The molecule has 0 aromatic carbocycles. The predicted molar refractivity (Wildman–Crippen MR) is 92.9 cm³/mol. The normalized spacial score (nSPS) is 30.2. The summed E-state index contributed by atoms with van der Waals surface area (Å²) in [5.41, 5.74) is 1.31. The van der Waals surface area contributed by atoms with Gasteiger partial charge in [-0.3, -0.25) is 14.7 Å². The molecule has 1 aromatic heterocycles. The van der Waals surface area contributed by atoms with Crippen molar-refractivity contribution in [2.24, 2.45) is 11.8 Å². The molecule has 1 amide bonds. The predicted octanol–water partition coefficient (Wildman–Crippen LogP) is 1.17. The van der Waals surface area contributed by atoms with Gasteiger partial charge in [-0.25, -0.2) is 0 Å². The third kappa shape index (κ3) is 4.02. The van der Waals surface area contributed by atoms with Crippen molar-refractivity contribution in [3.63, 3.8) is 0 Å². The molecule has 0 unspecified atom stereocenters. The fourth-order valence-corrected chi connectivity index (χ4v) is 4.38. The van der Waals surface area contributed by atoms with E-state index < -0.39 is 0 Å². The Balaban J connectivity index is 1.29. The highest BCUT2D eigenvalue weighted by molar-refractivity contribution is 5.76. The number of carbonyl (C=O) groups is 1. The lowest BCUT2D eigenvalue weighted by atomic mass is 9.83. The molecular formula is C19H27N3O3. The molecule has 3 saturated heterocycles. The lowest BCUT2D eigenvalue weighted by Crippen LogP contribution is -2.44. The molecule has 4 heterocycles. The monoisotopic (exact) mass is 345 g/mol. The smallest absolute Gasteiger partial charge is 0.225 e. The number of carbonyl (C=O) groups excluding carboxylic acids is 1. The van der Waals surface area contributed by atoms with Crippen molar-refractivity contribution in [3.05, 3.63) is 30.1 Å². The van der Waals surface area contributed by atoms with E-state index in [2.05, 4.69) is 22.0 Å². The topological polar surface area (TPSA) is 54.9 Å². The standard InChI is InChI=1S/C19H27N3O3/c23-19(22-7-9-24-10-8-22)11-18-17-3-6-21(13-16(17)14-25-18)12-15-1-4-20-5-2-15/h1-2,4-5,16-18H,3,6-14H2/t16-,17-,18+/m1/s1. The van der Waals surface area contributed by atoms with E-state index >= 15 is 0 Å². The van der Waals surface area contributed by atoms with Crippen molar-refractivity contribution in [2.45, 2.75) is 25.5 Å². The molecule has 3 aliphatic heterocycles. The van der Waals surface area contributed by atoms with Crippen LogP contribution in [-0.4, -0.2) is 72.8 Å². The first-order valence-electron chi connectivity index (χ1n) is 9.38. The summed E-state index contributed by atoms with van der Waals surface area (Å²) >= 11 is 0. The van der Waals surface area contributed by atoms with Gasteiger partial charge in [0.05, 0.1) is 32.3 Å². The molecule has 1 aromatic rings. The third-order valence-corrected chi connectivity index (χ3v) is 5.77. The Kier molecular flexibility index (Phi) is 5.29. The van der Waals surface area contributed by atoms with Crippen molar-refractivity contribution >= 4 is 5.91 Å². The summed E-state index contributed by atoms with van der Waals surface area (Å²) in [4.78, 5) is 21.0. The van der Waals surface area contributed by atoms with Gasteiger partial charge in [0, 0.05) is 44.5 Å². The average molecular weight is 345 g/mol. The Hall–Kier alpha value is -1.50. The lowest BCUT2D eigenvalue weighted by molar-refractivity contribution is -0.138. The van der Waals surface area contributed by atoms with E-state index in [-0.39, 0.29) is 12.0 Å². The Morgan fingerprint density at radius 1 is 1.20 bits per heavy atom. The van der Waals surface area contributed by atoms with Crippen LogP contribution in [0.5, 0.6) is 0 Å². The maximum atomic E-state index is 12.5. The van der Waals surface area contributed by atoms with Crippen molar-refractivity contribution in [1.29, 1.82) is 0 Å². The molecule has 6 nitrogen and oxygen atoms in total. The minimum absolute atomic E-state index is 0.100. The number of rotatable bonds is 4. The van der Waals surface area contributed by atoms with Crippen LogP contribution in [0.15, 0.2) is 24.5 Å². The second-order valence-corrected chi connectivity index (χ2v) is 7.37. The van der Waals surface area contributed by atoms with Crippen LogP contribution in [0, 0.1) is 11.8 Å². The van der Waals surface area contributed by atoms with Crippen molar-refractivity contribution < 1.29 is 14.3 Å². The molecule has 0 bridgehead atoms. The van der Waals surface area contributed by atoms with Crippen LogP contribution < -0.4 is 0 Å². The first-order chi connectivity index (χ1) is 12.3. The summed E-state index contributed by atoms with van der Waals surface area (Å²) < 4.78 is 11.4. The number of aromatic nitrogens is 1. The molecule has 25 heavy (non-hydrogen) atoms. The molecule has 0 aliphatic carbocycles. The second kappa shape index (κ2) is 7.81. The van der Waals surface area contributed by atoms with Gasteiger partial charge in [0.2, 0.25) is 5.91 Å². The van der Waals surface area contributed by atoms with Crippen molar-refractivity contribution in [2.75, 3.05) is 46.0 Å². The highest BCUT2D eigenvalue weighted by Gasteiger charge is 2.41. The summed E-state index contributed by atoms with van der Waals surface area (Å²) in [5, 5.41) is 0. The zero-order chi connectivity index (χ0) is 17.1. The summed E-state index contributed by atoms with van der Waals surface area (Å²) in [6, 6.07) is 4.17. The number of morpholine rings is 1. The van der Waals surface area contributed by atoms with E-state index in [9.17, 15) is 4.79 Å². The fourth-order valence-electron chi connectivity index (χ4n) is 4.38. The molecule has 0 spiro atoms. The van der Waals surface area contributed by atoms with Gasteiger partial charge in [-0.2, -0.15) is 0 Å². The van der Waals surface area contributed by atoms with Crippen LogP contribution >= 0.6 is 0 Å². The highest BCUT2D eigenvalue weighted by atomic mass is 16.5. The van der Waals surface area contributed by atoms with E-state index in [1.807, 2.05) is 17.3 Å². The van der Waals surface area contributed by atoms with Crippen LogP contribution in [-0.2, 0) is 20.8 Å². The van der Waals surface area contributed by atoms with Crippen LogP contribution in [0.25, 0.3) is 0 Å². The number of nitrogens with zero attached hydrogens (tertiary/aromatic N) is 3. The van der Waals surface area contributed by atoms with Crippen LogP contribution in [0.4, 0.5) is 0 Å². The van der Waals surface area contributed by atoms with Gasteiger partial charge in [0.15, 0.2) is 0 Å². The van der Waals surface area contributed by atoms with Gasteiger partial charge in [0.1, 0.15) is 0 Å². The lowest BCUT2D eigenvalue weighted by Gasteiger charge is -2.36. The zero-order valence-corrected chi connectivity index (χ0v) is 14.7. The maximum absolute atomic E-state index is 12.5. The minimum atomic E-state index is 0.100. The Morgan fingerprint density at radius 3 is 2.80 bits per heavy atom. The van der Waals surface area contributed by atoms with Gasteiger partial charge in [0.25, 0.3) is 0 Å². The quantitative estimate of drug-likeness (QED) is 0.820. The van der Waals surface area contributed by atoms with E-state index in [0.717, 1.165) is 45.8 Å². The molecule has 136 valence electrons. The second-order valence-electron chi connectivity index (χ2n) is 7.37. The number of ether oxygens (including phenoxy) is 2. The Morgan fingerprint density at radius 2 is 2.00 bits per heavy atom. The number of hydrogen-bond donors (Lipinski definition) is 0. The summed E-state index contributed by atoms with van der Waals surface area (Å²) in [5.74, 6) is 1.31. The summed E-state index contributed by atoms with van der Waals surface area (Å²) in [7, 11) is 0. The van der Waals surface area contributed by atoms with Crippen LogP contribution in [0.1, 0.15) is 18.4 Å². The molecule has 0 saturated carbocycles. The van der Waals surface area contributed by atoms with E-state index in [0.29, 0.717) is 31.5 Å². The van der Waals surface area contributed by atoms with Gasteiger partial charge >= 0.3 is 0 Å². The van der Waals surface area contributed by atoms with Crippen LogP contribution in [0.3, 0.4) is 0 Å². The number of piperidine rings is 1. The molecule has 0 N–H and O–H groups in total. The van der Waals surface area contributed by atoms with E-state index in [1.54, 1.807) is 0 Å².